The van der Waals surface area contributed by atoms with Crippen molar-refractivity contribution >= 4 is 17.6 Å². The summed E-state index contributed by atoms with van der Waals surface area (Å²) >= 11 is 0. The van der Waals surface area contributed by atoms with Gasteiger partial charge in [0.2, 0.25) is 5.91 Å². The van der Waals surface area contributed by atoms with Gasteiger partial charge in [0, 0.05) is 47.6 Å². The second-order valence-corrected chi connectivity index (χ2v) is 10.0. The maximum absolute atomic E-state index is 13.6. The molecule has 1 saturated carbocycles. The van der Waals surface area contributed by atoms with Crippen molar-refractivity contribution in [2.45, 2.75) is 51.7 Å². The number of nitrogens with zero attached hydrogens (tertiary/aromatic N) is 2. The van der Waals surface area contributed by atoms with Gasteiger partial charge in [-0.05, 0) is 66.8 Å². The van der Waals surface area contributed by atoms with Crippen molar-refractivity contribution in [1.29, 1.82) is 0 Å². The molecule has 1 amide bonds. The van der Waals surface area contributed by atoms with Crippen LogP contribution in [-0.4, -0.2) is 40.7 Å². The summed E-state index contributed by atoms with van der Waals surface area (Å²) in [6.45, 7) is 6.65. The predicted octanol–water partition coefficient (Wildman–Crippen LogP) is 6.26. The van der Waals surface area contributed by atoms with Crippen molar-refractivity contribution in [2.75, 3.05) is 11.4 Å². The number of carbonyl (C=O) groups excluding carboxylic acids is 1. The van der Waals surface area contributed by atoms with Crippen molar-refractivity contribution in [3.63, 3.8) is 0 Å². The lowest BCUT2D eigenvalue weighted by Gasteiger charge is -2.29. The van der Waals surface area contributed by atoms with Gasteiger partial charge in [0.1, 0.15) is 0 Å². The van der Waals surface area contributed by atoms with Crippen LogP contribution in [0.5, 0.6) is 0 Å². The molecule has 41 heavy (non-hydrogen) atoms. The Kier molecular flexibility index (Phi) is 10.7. The third kappa shape index (κ3) is 8.66. The molecular weight excluding hydrogens is 531 g/mol. The number of carbonyl (C=O) groups is 2. The quantitative estimate of drug-likeness (QED) is 0.314. The molecule has 0 spiro atoms. The SMILES string of the molecule is CC#Cc1ccc(-c2ccc(N(C[C@@H](N)[C@@H](C)CC)C(=O)[C@@H]3C[C@H]3c3ccccn3)cc2)cc1.O=C(O)C(F)(F)F. The van der Waals surface area contributed by atoms with Crippen LogP contribution in [0.15, 0.2) is 72.9 Å². The number of aromatic nitrogens is 1. The first kappa shape index (κ1) is 31.4. The van der Waals surface area contributed by atoms with Gasteiger partial charge in [-0.1, -0.05) is 56.5 Å². The summed E-state index contributed by atoms with van der Waals surface area (Å²) in [6, 6.07) is 22.3. The summed E-state index contributed by atoms with van der Waals surface area (Å²) in [7, 11) is 0. The molecule has 0 bridgehead atoms. The van der Waals surface area contributed by atoms with Gasteiger partial charge in [0.25, 0.3) is 0 Å². The molecule has 216 valence electrons. The Balaban J connectivity index is 0.000000587. The normalized spacial score (nSPS) is 17.1. The maximum Gasteiger partial charge on any atom is 0.490 e. The largest absolute Gasteiger partial charge is 0.490 e. The Labute approximate surface area is 238 Å². The number of carboxylic acid groups (broad SMARTS) is 1. The Morgan fingerprint density at radius 3 is 2.15 bits per heavy atom. The standard InChI is InChI=1S/C30H33N3O.C2HF3O2/c1-4-8-22-10-12-23(13-11-22)24-14-16-25(17-15-24)33(20-28(31)21(3)5-2)30(34)27-19-26(27)29-9-6-7-18-32-29;3-2(4,5)1(6)7/h6-7,9-18,21,26-28H,5,19-20,31H2,1-3H3;(H,6,7)/t21-,26+,27+,28+;/m0./s1. The van der Waals surface area contributed by atoms with Gasteiger partial charge in [0.15, 0.2) is 0 Å². The number of hydrogen-bond acceptors (Lipinski definition) is 4. The number of rotatable bonds is 8. The van der Waals surface area contributed by atoms with Crippen LogP contribution in [0.2, 0.25) is 0 Å². The molecule has 0 aliphatic heterocycles. The molecule has 0 radical (unpaired) electrons. The number of benzene rings is 2. The number of alkyl halides is 3. The third-order valence-electron chi connectivity index (χ3n) is 7.12. The molecule has 3 N–H and O–H groups in total. The smallest absolute Gasteiger partial charge is 0.475 e. The second-order valence-electron chi connectivity index (χ2n) is 10.0. The van der Waals surface area contributed by atoms with E-state index in [1.165, 1.54) is 0 Å². The summed E-state index contributed by atoms with van der Waals surface area (Å²) in [5.74, 6) is 3.89. The third-order valence-corrected chi connectivity index (χ3v) is 7.12. The molecular formula is C32H34F3N3O3. The Morgan fingerprint density at radius 1 is 1.07 bits per heavy atom. The van der Waals surface area contributed by atoms with Crippen LogP contribution >= 0.6 is 0 Å². The fourth-order valence-electron chi connectivity index (χ4n) is 4.33. The molecule has 6 nitrogen and oxygen atoms in total. The maximum atomic E-state index is 13.6. The minimum Gasteiger partial charge on any atom is -0.475 e. The number of anilines is 1. The first-order chi connectivity index (χ1) is 19.5. The van der Waals surface area contributed by atoms with E-state index in [-0.39, 0.29) is 23.8 Å². The molecule has 4 rings (SSSR count). The first-order valence-electron chi connectivity index (χ1n) is 13.4. The fraction of sp³-hybridized carbons (Fsp3) is 0.344. The van der Waals surface area contributed by atoms with E-state index in [9.17, 15) is 18.0 Å². The van der Waals surface area contributed by atoms with E-state index in [2.05, 4.69) is 54.9 Å². The molecule has 1 fully saturated rings. The number of pyridine rings is 1. The molecule has 0 saturated heterocycles. The highest BCUT2D eigenvalue weighted by Gasteiger charge is 2.47. The van der Waals surface area contributed by atoms with Crippen LogP contribution in [0.25, 0.3) is 11.1 Å². The van der Waals surface area contributed by atoms with Crippen LogP contribution in [0.1, 0.15) is 50.8 Å². The highest BCUT2D eigenvalue weighted by atomic mass is 19.4. The van der Waals surface area contributed by atoms with Crippen LogP contribution in [-0.2, 0) is 9.59 Å². The van der Waals surface area contributed by atoms with E-state index in [1.54, 1.807) is 6.20 Å². The minimum atomic E-state index is -5.08. The minimum absolute atomic E-state index is 0.0362. The lowest BCUT2D eigenvalue weighted by Crippen LogP contribution is -2.45. The van der Waals surface area contributed by atoms with Gasteiger partial charge in [0.05, 0.1) is 0 Å². The van der Waals surface area contributed by atoms with Crippen LogP contribution < -0.4 is 10.6 Å². The van der Waals surface area contributed by atoms with E-state index in [4.69, 9.17) is 15.6 Å². The average molecular weight is 566 g/mol. The number of halogens is 3. The Bertz CT molecular complexity index is 1370. The van der Waals surface area contributed by atoms with Crippen molar-refractivity contribution in [2.24, 2.45) is 17.6 Å². The molecule has 4 atom stereocenters. The molecule has 3 aromatic rings. The van der Waals surface area contributed by atoms with Crippen LogP contribution in [0, 0.1) is 23.7 Å². The van der Waals surface area contributed by atoms with E-state index >= 15 is 0 Å². The van der Waals surface area contributed by atoms with Gasteiger partial charge in [-0.2, -0.15) is 13.2 Å². The summed E-state index contributed by atoms with van der Waals surface area (Å²) in [5, 5.41) is 7.12. The summed E-state index contributed by atoms with van der Waals surface area (Å²) in [4.78, 5) is 28.9. The summed E-state index contributed by atoms with van der Waals surface area (Å²) in [6.07, 6.45) is -1.46. The van der Waals surface area contributed by atoms with E-state index < -0.39 is 12.1 Å². The lowest BCUT2D eigenvalue weighted by molar-refractivity contribution is -0.192. The molecule has 1 aromatic heterocycles. The van der Waals surface area contributed by atoms with Crippen molar-refractivity contribution in [3.05, 3.63) is 84.2 Å². The Morgan fingerprint density at radius 2 is 1.66 bits per heavy atom. The van der Waals surface area contributed by atoms with Gasteiger partial charge < -0.3 is 15.7 Å². The van der Waals surface area contributed by atoms with E-state index in [0.717, 1.165) is 40.9 Å². The van der Waals surface area contributed by atoms with Crippen molar-refractivity contribution in [1.82, 2.24) is 4.98 Å². The topological polar surface area (TPSA) is 96.5 Å². The van der Waals surface area contributed by atoms with Gasteiger partial charge in [-0.3, -0.25) is 9.78 Å². The van der Waals surface area contributed by atoms with Crippen molar-refractivity contribution in [3.8, 4) is 23.0 Å². The fourth-order valence-corrected chi connectivity index (χ4v) is 4.33. The summed E-state index contributed by atoms with van der Waals surface area (Å²) < 4.78 is 31.7. The number of amides is 1. The molecule has 9 heteroatoms. The molecule has 2 aromatic carbocycles. The highest BCUT2D eigenvalue weighted by molar-refractivity contribution is 5.97. The average Bonchev–Trinajstić information content (AvgIpc) is 3.77. The molecule has 0 unspecified atom stereocenters. The highest BCUT2D eigenvalue weighted by Crippen LogP contribution is 2.48. The number of nitrogens with two attached hydrogens (primary N) is 1. The predicted molar refractivity (Wildman–Crippen MR) is 153 cm³/mol. The summed E-state index contributed by atoms with van der Waals surface area (Å²) in [5.41, 5.74) is 11.6. The van der Waals surface area contributed by atoms with E-state index in [1.807, 2.05) is 54.3 Å². The zero-order chi connectivity index (χ0) is 30.2. The molecule has 1 aliphatic carbocycles. The number of hydrogen-bond donors (Lipinski definition) is 2. The van der Waals surface area contributed by atoms with Gasteiger partial charge >= 0.3 is 12.1 Å². The van der Waals surface area contributed by atoms with Gasteiger partial charge in [-0.25, -0.2) is 4.79 Å². The Hall–Kier alpha value is -4.16. The van der Waals surface area contributed by atoms with E-state index in [0.29, 0.717) is 12.5 Å². The monoisotopic (exact) mass is 565 g/mol. The molecule has 1 aliphatic rings. The van der Waals surface area contributed by atoms with Crippen LogP contribution in [0.4, 0.5) is 18.9 Å². The zero-order valence-electron chi connectivity index (χ0n) is 23.2. The van der Waals surface area contributed by atoms with Crippen molar-refractivity contribution < 1.29 is 27.9 Å². The number of carboxylic acids is 1. The second kappa shape index (κ2) is 14.0. The lowest BCUT2D eigenvalue weighted by atomic mass is 9.98. The first-order valence-corrected chi connectivity index (χ1v) is 13.4. The molecule has 1 heterocycles. The van der Waals surface area contributed by atoms with Gasteiger partial charge in [-0.15, -0.1) is 5.92 Å². The van der Waals surface area contributed by atoms with Crippen LogP contribution in [0.3, 0.4) is 0 Å². The number of aliphatic carboxylic acids is 1. The zero-order valence-corrected chi connectivity index (χ0v) is 23.2.